The van der Waals surface area contributed by atoms with Crippen LogP contribution in [-0.2, 0) is 0 Å². The molecular weight excluding hydrogens is 479 g/mol. The Balaban J connectivity index is 1.78. The zero-order chi connectivity index (χ0) is 25.8. The first kappa shape index (κ1) is 23.9. The Hall–Kier alpha value is -4.45. The summed E-state index contributed by atoms with van der Waals surface area (Å²) in [6.45, 7) is 0. The highest BCUT2D eigenvalue weighted by Gasteiger charge is 2.48. The predicted octanol–water partition coefficient (Wildman–Crippen LogP) is 7.35. The molecule has 0 saturated heterocycles. The topological polar surface area (TPSA) is 20.2 Å². The molecule has 1 N–H and O–H groups in total. The van der Waals surface area contributed by atoms with Gasteiger partial charge in [-0.2, -0.15) is 0 Å². The van der Waals surface area contributed by atoms with E-state index in [4.69, 9.17) is 0 Å². The Morgan fingerprint density at radius 1 is 0.342 bits per heavy atom. The molecule has 6 rings (SSSR count). The van der Waals surface area contributed by atoms with E-state index < -0.39 is 7.26 Å². The summed E-state index contributed by atoms with van der Waals surface area (Å²) >= 11 is 0. The molecule has 0 aromatic heterocycles. The molecule has 6 aromatic rings. The maximum atomic E-state index is 11.7. The van der Waals surface area contributed by atoms with E-state index in [0.717, 1.165) is 22.3 Å². The molecule has 0 atom stereocenters. The summed E-state index contributed by atoms with van der Waals surface area (Å²) in [5, 5.41) is 16.8. The van der Waals surface area contributed by atoms with Gasteiger partial charge in [0.15, 0.2) is 0 Å². The maximum Gasteiger partial charge on any atom is 0.144 e. The number of hydrogen-bond acceptors (Lipinski definition) is 1. The maximum absolute atomic E-state index is 11.7. The smallest absolute Gasteiger partial charge is 0.144 e. The quantitative estimate of drug-likeness (QED) is 0.234. The number of hydrogen-bond donors (Lipinski definition) is 1. The van der Waals surface area contributed by atoms with E-state index in [2.05, 4.69) is 127 Å². The summed E-state index contributed by atoms with van der Waals surface area (Å²) in [4.78, 5) is 0. The van der Waals surface area contributed by atoms with Gasteiger partial charge in [-0.3, -0.25) is 0 Å². The Morgan fingerprint density at radius 3 is 0.947 bits per heavy atom. The fourth-order valence-electron chi connectivity index (χ4n) is 5.34. The van der Waals surface area contributed by atoms with Gasteiger partial charge in [-0.05, 0) is 59.7 Å². The molecular formula is C36H28OP+. The van der Waals surface area contributed by atoms with Gasteiger partial charge in [0.05, 0.1) is 0 Å². The van der Waals surface area contributed by atoms with E-state index in [0.29, 0.717) is 5.75 Å². The Bertz CT molecular complexity index is 1470. The van der Waals surface area contributed by atoms with Gasteiger partial charge in [0.2, 0.25) is 0 Å². The zero-order valence-electron chi connectivity index (χ0n) is 21.0. The van der Waals surface area contributed by atoms with Crippen LogP contribution in [0.1, 0.15) is 0 Å². The highest BCUT2D eigenvalue weighted by Crippen LogP contribution is 2.56. The molecule has 0 aliphatic carbocycles. The molecule has 0 saturated carbocycles. The van der Waals surface area contributed by atoms with Crippen molar-refractivity contribution in [1.82, 2.24) is 0 Å². The van der Waals surface area contributed by atoms with E-state index in [9.17, 15) is 5.11 Å². The number of rotatable bonds is 6. The van der Waals surface area contributed by atoms with Crippen LogP contribution in [0.3, 0.4) is 0 Å². The van der Waals surface area contributed by atoms with Gasteiger partial charge in [0.1, 0.15) is 34.2 Å². The lowest BCUT2D eigenvalue weighted by molar-refractivity contribution is 0.479. The van der Waals surface area contributed by atoms with Crippen molar-refractivity contribution < 1.29 is 5.11 Å². The van der Waals surface area contributed by atoms with Crippen LogP contribution in [0.5, 0.6) is 5.75 Å². The van der Waals surface area contributed by atoms with Crippen LogP contribution in [0.15, 0.2) is 164 Å². The van der Waals surface area contributed by atoms with Gasteiger partial charge in [-0.15, -0.1) is 0 Å². The number of aromatic hydroxyl groups is 1. The minimum absolute atomic E-state index is 0.304. The average molecular weight is 508 g/mol. The van der Waals surface area contributed by atoms with Crippen LogP contribution in [-0.4, -0.2) is 5.11 Å². The Kier molecular flexibility index (Phi) is 6.61. The molecule has 0 spiro atoms. The molecule has 38 heavy (non-hydrogen) atoms. The highest BCUT2D eigenvalue weighted by molar-refractivity contribution is 8.01. The first-order chi connectivity index (χ1) is 18.8. The second-order valence-corrected chi connectivity index (χ2v) is 12.7. The van der Waals surface area contributed by atoms with Crippen LogP contribution in [0.25, 0.3) is 22.3 Å². The largest absolute Gasteiger partial charge is 0.507 e. The predicted molar refractivity (Wildman–Crippen MR) is 164 cm³/mol. The SMILES string of the molecule is Oc1c(-c2ccccc2)cc([P+](c2ccccc2)(c2ccccc2)c2ccccc2)cc1-c1ccccc1. The lowest BCUT2D eigenvalue weighted by Crippen LogP contribution is -2.38. The van der Waals surface area contributed by atoms with Crippen molar-refractivity contribution >= 4 is 28.5 Å². The van der Waals surface area contributed by atoms with Gasteiger partial charge < -0.3 is 5.11 Å². The van der Waals surface area contributed by atoms with E-state index >= 15 is 0 Å². The second kappa shape index (κ2) is 10.5. The van der Waals surface area contributed by atoms with Crippen LogP contribution in [0, 0.1) is 0 Å². The normalized spacial score (nSPS) is 11.3. The van der Waals surface area contributed by atoms with Gasteiger partial charge in [-0.1, -0.05) is 115 Å². The lowest BCUT2D eigenvalue weighted by Gasteiger charge is -2.29. The Labute approximate surface area is 225 Å². The van der Waals surface area contributed by atoms with Gasteiger partial charge in [0.25, 0.3) is 0 Å². The molecule has 0 bridgehead atoms. The molecule has 0 amide bonds. The molecule has 0 radical (unpaired) electrons. The van der Waals surface area contributed by atoms with Crippen molar-refractivity contribution in [2.45, 2.75) is 0 Å². The van der Waals surface area contributed by atoms with Crippen LogP contribution in [0.4, 0.5) is 0 Å². The van der Waals surface area contributed by atoms with Gasteiger partial charge in [-0.25, -0.2) is 0 Å². The molecule has 0 unspecified atom stereocenters. The number of benzene rings is 6. The first-order valence-corrected chi connectivity index (χ1v) is 14.6. The molecule has 0 aliphatic heterocycles. The summed E-state index contributed by atoms with van der Waals surface area (Å²) in [7, 11) is -2.33. The molecule has 0 heterocycles. The van der Waals surface area contributed by atoms with Gasteiger partial charge in [0, 0.05) is 11.1 Å². The monoisotopic (exact) mass is 507 g/mol. The summed E-state index contributed by atoms with van der Waals surface area (Å²) in [6, 6.07) is 57.4. The molecule has 6 aromatic carbocycles. The fourth-order valence-corrected chi connectivity index (χ4v) is 9.63. The minimum Gasteiger partial charge on any atom is -0.507 e. The number of phenols is 1. The summed E-state index contributed by atoms with van der Waals surface area (Å²) in [5.41, 5.74) is 3.68. The van der Waals surface area contributed by atoms with E-state index in [1.165, 1.54) is 21.2 Å². The summed E-state index contributed by atoms with van der Waals surface area (Å²) < 4.78 is 0. The lowest BCUT2D eigenvalue weighted by atomic mass is 9.97. The van der Waals surface area contributed by atoms with Crippen molar-refractivity contribution in [3.05, 3.63) is 164 Å². The molecule has 2 heteroatoms. The number of phenolic OH excluding ortho intramolecular Hbond substituents is 1. The van der Waals surface area contributed by atoms with Crippen LogP contribution < -0.4 is 21.2 Å². The zero-order valence-corrected chi connectivity index (χ0v) is 21.9. The molecule has 0 fully saturated rings. The van der Waals surface area contributed by atoms with E-state index in [1.807, 2.05) is 36.4 Å². The average Bonchev–Trinajstić information content (AvgIpc) is 3.01. The minimum atomic E-state index is -2.33. The third-order valence-corrected chi connectivity index (χ3v) is 11.3. The van der Waals surface area contributed by atoms with E-state index in [1.54, 1.807) is 0 Å². The highest BCUT2D eigenvalue weighted by atomic mass is 31.2. The van der Waals surface area contributed by atoms with Crippen molar-refractivity contribution in [3.63, 3.8) is 0 Å². The van der Waals surface area contributed by atoms with Crippen molar-refractivity contribution in [3.8, 4) is 28.0 Å². The molecule has 1 nitrogen and oxygen atoms in total. The first-order valence-electron chi connectivity index (χ1n) is 12.8. The summed E-state index contributed by atoms with van der Waals surface area (Å²) in [6.07, 6.45) is 0. The fraction of sp³-hybridized carbons (Fsp3) is 0. The van der Waals surface area contributed by atoms with Gasteiger partial charge >= 0.3 is 0 Å². The van der Waals surface area contributed by atoms with Crippen molar-refractivity contribution in [2.24, 2.45) is 0 Å². The van der Waals surface area contributed by atoms with E-state index in [-0.39, 0.29) is 0 Å². The molecule has 0 aliphatic rings. The summed E-state index contributed by atoms with van der Waals surface area (Å²) in [5.74, 6) is 0.304. The second-order valence-electron chi connectivity index (χ2n) is 9.30. The van der Waals surface area contributed by atoms with Crippen LogP contribution >= 0.6 is 7.26 Å². The Morgan fingerprint density at radius 2 is 0.632 bits per heavy atom. The van der Waals surface area contributed by atoms with Crippen LogP contribution in [0.2, 0.25) is 0 Å². The standard InChI is InChI=1S/C36H27OP/c37-36-34(28-16-6-1-7-17-28)26-33(27-35(36)29-18-8-2-9-19-29)38(30-20-10-3-11-21-30,31-22-12-4-13-23-31)32-24-14-5-15-25-32/h1-27H/p+1. The molecule has 182 valence electrons. The third kappa shape index (κ3) is 4.22. The van der Waals surface area contributed by atoms with Crippen molar-refractivity contribution in [2.75, 3.05) is 0 Å². The third-order valence-electron chi connectivity index (χ3n) is 7.08. The van der Waals surface area contributed by atoms with Crippen molar-refractivity contribution in [1.29, 1.82) is 0 Å².